The molecule has 23 heavy (non-hydrogen) atoms. The Kier molecular flexibility index (Phi) is 5.67. The summed E-state index contributed by atoms with van der Waals surface area (Å²) in [6.45, 7) is 4.41. The van der Waals surface area contributed by atoms with Gasteiger partial charge in [-0.3, -0.25) is 9.59 Å². The van der Waals surface area contributed by atoms with Gasteiger partial charge in [0.1, 0.15) is 0 Å². The molecular weight excluding hydrogens is 304 g/mol. The van der Waals surface area contributed by atoms with Gasteiger partial charge in [-0.1, -0.05) is 5.16 Å². The molecular formula is C14H20N4O5. The number of piperidine rings is 1. The van der Waals surface area contributed by atoms with Gasteiger partial charge in [0.05, 0.1) is 13.2 Å². The maximum Gasteiger partial charge on any atom is 0.397 e. The predicted molar refractivity (Wildman–Crippen MR) is 76.8 cm³/mol. The van der Waals surface area contributed by atoms with Crippen molar-refractivity contribution >= 4 is 17.8 Å². The SMILES string of the molecule is CCOC(=O)C(=O)N1CCC(C(=O)NCc2nc(C)no2)CC1. The second kappa shape index (κ2) is 7.70. The van der Waals surface area contributed by atoms with Crippen LogP contribution in [0, 0.1) is 12.8 Å². The number of carbonyl (C=O) groups excluding carboxylic acids is 3. The number of rotatable bonds is 4. The fourth-order valence-electron chi connectivity index (χ4n) is 2.39. The standard InChI is InChI=1S/C14H20N4O5/c1-3-22-14(21)13(20)18-6-4-10(5-7-18)12(19)15-8-11-16-9(2)17-23-11/h10H,3-8H2,1-2H3,(H,15,19). The van der Waals surface area contributed by atoms with E-state index in [1.807, 2.05) is 0 Å². The van der Waals surface area contributed by atoms with Gasteiger partial charge in [0.25, 0.3) is 0 Å². The number of hydrogen-bond donors (Lipinski definition) is 1. The minimum Gasteiger partial charge on any atom is -0.459 e. The summed E-state index contributed by atoms with van der Waals surface area (Å²) in [7, 11) is 0. The molecule has 0 unspecified atom stereocenters. The number of likely N-dealkylation sites (tertiary alicyclic amines) is 1. The normalized spacial score (nSPS) is 15.3. The average molecular weight is 324 g/mol. The van der Waals surface area contributed by atoms with Gasteiger partial charge >= 0.3 is 11.9 Å². The van der Waals surface area contributed by atoms with E-state index < -0.39 is 11.9 Å². The van der Waals surface area contributed by atoms with Crippen LogP contribution in [-0.2, 0) is 25.7 Å². The molecule has 0 aromatic carbocycles. The highest BCUT2D eigenvalue weighted by atomic mass is 16.5. The van der Waals surface area contributed by atoms with E-state index in [4.69, 9.17) is 4.52 Å². The molecule has 1 N–H and O–H groups in total. The molecule has 1 aromatic rings. The highest BCUT2D eigenvalue weighted by molar-refractivity contribution is 6.32. The number of esters is 1. The Morgan fingerprint density at radius 2 is 2.04 bits per heavy atom. The first-order chi connectivity index (χ1) is 11.0. The number of aromatic nitrogens is 2. The lowest BCUT2D eigenvalue weighted by molar-refractivity contribution is -0.160. The number of aryl methyl sites for hydroxylation is 1. The summed E-state index contributed by atoms with van der Waals surface area (Å²) < 4.78 is 9.61. The van der Waals surface area contributed by atoms with Crippen molar-refractivity contribution in [1.29, 1.82) is 0 Å². The van der Waals surface area contributed by atoms with Gasteiger partial charge in [-0.2, -0.15) is 4.98 Å². The van der Waals surface area contributed by atoms with E-state index in [2.05, 4.69) is 20.2 Å². The lowest BCUT2D eigenvalue weighted by atomic mass is 9.96. The molecule has 0 saturated carbocycles. The van der Waals surface area contributed by atoms with Crippen LogP contribution in [0.25, 0.3) is 0 Å². The van der Waals surface area contributed by atoms with Crippen LogP contribution in [-0.4, -0.2) is 52.5 Å². The summed E-state index contributed by atoms with van der Waals surface area (Å²) in [5.74, 6) is -0.950. The largest absolute Gasteiger partial charge is 0.459 e. The third kappa shape index (κ3) is 4.51. The van der Waals surface area contributed by atoms with Gasteiger partial charge in [-0.05, 0) is 26.7 Å². The Bertz CT molecular complexity index is 577. The minimum absolute atomic E-state index is 0.121. The average Bonchev–Trinajstić information content (AvgIpc) is 2.97. The molecule has 2 amide bonds. The topological polar surface area (TPSA) is 115 Å². The third-order valence-corrected chi connectivity index (χ3v) is 3.59. The molecule has 2 rings (SSSR count). The summed E-state index contributed by atoms with van der Waals surface area (Å²) >= 11 is 0. The van der Waals surface area contributed by atoms with Crippen molar-refractivity contribution in [2.45, 2.75) is 33.2 Å². The minimum atomic E-state index is -0.845. The van der Waals surface area contributed by atoms with Crippen LogP contribution < -0.4 is 5.32 Å². The van der Waals surface area contributed by atoms with Crippen LogP contribution >= 0.6 is 0 Å². The second-order valence-corrected chi connectivity index (χ2v) is 5.24. The van der Waals surface area contributed by atoms with Crippen LogP contribution in [0.2, 0.25) is 0 Å². The maximum absolute atomic E-state index is 12.1. The summed E-state index contributed by atoms with van der Waals surface area (Å²) in [5, 5.41) is 6.38. The van der Waals surface area contributed by atoms with E-state index in [0.29, 0.717) is 37.6 Å². The van der Waals surface area contributed by atoms with E-state index in [-0.39, 0.29) is 25.0 Å². The van der Waals surface area contributed by atoms with Crippen molar-refractivity contribution in [1.82, 2.24) is 20.4 Å². The van der Waals surface area contributed by atoms with Crippen molar-refractivity contribution in [3.63, 3.8) is 0 Å². The zero-order chi connectivity index (χ0) is 16.8. The molecule has 1 fully saturated rings. The fraction of sp³-hybridized carbons (Fsp3) is 0.643. The summed E-state index contributed by atoms with van der Waals surface area (Å²) in [4.78, 5) is 40.7. The molecule has 1 aromatic heterocycles. The molecule has 0 bridgehead atoms. The molecule has 1 saturated heterocycles. The van der Waals surface area contributed by atoms with E-state index >= 15 is 0 Å². The molecule has 9 nitrogen and oxygen atoms in total. The van der Waals surface area contributed by atoms with Gasteiger partial charge < -0.3 is 19.5 Å². The highest BCUT2D eigenvalue weighted by Gasteiger charge is 2.30. The Morgan fingerprint density at radius 3 is 2.61 bits per heavy atom. The zero-order valence-corrected chi connectivity index (χ0v) is 13.2. The lowest BCUT2D eigenvalue weighted by Crippen LogP contribution is -2.45. The van der Waals surface area contributed by atoms with Crippen molar-refractivity contribution in [3.05, 3.63) is 11.7 Å². The molecule has 0 radical (unpaired) electrons. The lowest BCUT2D eigenvalue weighted by Gasteiger charge is -2.30. The van der Waals surface area contributed by atoms with E-state index in [0.717, 1.165) is 0 Å². The number of nitrogens with one attached hydrogen (secondary N) is 1. The van der Waals surface area contributed by atoms with E-state index in [9.17, 15) is 14.4 Å². The Balaban J connectivity index is 1.76. The molecule has 126 valence electrons. The molecule has 0 atom stereocenters. The van der Waals surface area contributed by atoms with Crippen LogP contribution in [0.1, 0.15) is 31.5 Å². The first-order valence-electron chi connectivity index (χ1n) is 7.54. The second-order valence-electron chi connectivity index (χ2n) is 5.24. The summed E-state index contributed by atoms with van der Waals surface area (Å²) in [5.41, 5.74) is 0. The van der Waals surface area contributed by atoms with Gasteiger partial charge in [0, 0.05) is 19.0 Å². The van der Waals surface area contributed by atoms with Crippen LogP contribution in [0.5, 0.6) is 0 Å². The van der Waals surface area contributed by atoms with Crippen molar-refractivity contribution in [3.8, 4) is 0 Å². The molecule has 9 heteroatoms. The van der Waals surface area contributed by atoms with Crippen molar-refractivity contribution in [2.24, 2.45) is 5.92 Å². The first-order valence-corrected chi connectivity index (χ1v) is 7.54. The van der Waals surface area contributed by atoms with Crippen LogP contribution in [0.15, 0.2) is 4.52 Å². The first kappa shape index (κ1) is 16.9. The van der Waals surface area contributed by atoms with E-state index in [1.54, 1.807) is 13.8 Å². The fourth-order valence-corrected chi connectivity index (χ4v) is 2.39. The number of carbonyl (C=O) groups is 3. The number of hydrogen-bond acceptors (Lipinski definition) is 7. The summed E-state index contributed by atoms with van der Waals surface area (Å²) in [6.07, 6.45) is 1.000. The molecule has 1 aliphatic rings. The van der Waals surface area contributed by atoms with Crippen molar-refractivity contribution < 1.29 is 23.6 Å². The van der Waals surface area contributed by atoms with Gasteiger partial charge in [-0.15, -0.1) is 0 Å². The third-order valence-electron chi connectivity index (χ3n) is 3.59. The van der Waals surface area contributed by atoms with Crippen LogP contribution in [0.4, 0.5) is 0 Å². The zero-order valence-electron chi connectivity index (χ0n) is 13.2. The van der Waals surface area contributed by atoms with Gasteiger partial charge in [-0.25, -0.2) is 4.79 Å². The quantitative estimate of drug-likeness (QED) is 0.602. The highest BCUT2D eigenvalue weighted by Crippen LogP contribution is 2.17. The molecule has 2 heterocycles. The number of ether oxygens (including phenoxy) is 1. The predicted octanol–water partition coefficient (Wildman–Crippen LogP) is -0.204. The Morgan fingerprint density at radius 1 is 1.35 bits per heavy atom. The van der Waals surface area contributed by atoms with Gasteiger partial charge in [0.2, 0.25) is 11.8 Å². The molecule has 1 aliphatic heterocycles. The van der Waals surface area contributed by atoms with Gasteiger partial charge in [0.15, 0.2) is 5.82 Å². The Labute approximate surface area is 133 Å². The smallest absolute Gasteiger partial charge is 0.397 e. The number of amides is 2. The number of nitrogens with zero attached hydrogens (tertiary/aromatic N) is 3. The van der Waals surface area contributed by atoms with Crippen LogP contribution in [0.3, 0.4) is 0 Å². The van der Waals surface area contributed by atoms with Crippen molar-refractivity contribution in [2.75, 3.05) is 19.7 Å². The monoisotopic (exact) mass is 324 g/mol. The van der Waals surface area contributed by atoms with E-state index in [1.165, 1.54) is 4.90 Å². The molecule has 0 aliphatic carbocycles. The Hall–Kier alpha value is -2.45. The molecule has 0 spiro atoms. The maximum atomic E-state index is 12.1. The summed E-state index contributed by atoms with van der Waals surface area (Å²) in [6, 6.07) is 0.